The molecule has 0 radical (unpaired) electrons. The van der Waals surface area contributed by atoms with Gasteiger partial charge in [-0.05, 0) is 33.4 Å². The van der Waals surface area contributed by atoms with Gasteiger partial charge >= 0.3 is 0 Å². The summed E-state index contributed by atoms with van der Waals surface area (Å²) >= 11 is 1.75. The van der Waals surface area contributed by atoms with Gasteiger partial charge in [-0.1, -0.05) is 13.8 Å². The maximum absolute atomic E-state index is 4.29. The molecule has 1 unspecified atom stereocenters. The molecule has 0 spiro atoms. The monoisotopic (exact) mass is 255 g/mol. The maximum Gasteiger partial charge on any atom is 0.0798 e. The molecule has 0 bridgehead atoms. The highest BCUT2D eigenvalue weighted by atomic mass is 32.1. The minimum Gasteiger partial charge on any atom is -0.308 e. The molecule has 4 heteroatoms. The van der Waals surface area contributed by atoms with Crippen LogP contribution in [0.25, 0.3) is 0 Å². The third-order valence-corrected chi connectivity index (χ3v) is 4.16. The fraction of sp³-hybridized carbons (Fsp3) is 0.769. The van der Waals surface area contributed by atoms with Crippen molar-refractivity contribution in [2.45, 2.75) is 40.2 Å². The number of hydrogen-bond donors (Lipinski definition) is 1. The van der Waals surface area contributed by atoms with Crippen LogP contribution in [0.3, 0.4) is 0 Å². The molecule has 1 rings (SSSR count). The molecule has 0 aliphatic rings. The highest BCUT2D eigenvalue weighted by molar-refractivity contribution is 7.09. The van der Waals surface area contributed by atoms with E-state index in [-0.39, 0.29) is 0 Å². The van der Waals surface area contributed by atoms with Crippen molar-refractivity contribution in [3.63, 3.8) is 0 Å². The highest BCUT2D eigenvalue weighted by Crippen LogP contribution is 2.20. The Labute approximate surface area is 109 Å². The summed E-state index contributed by atoms with van der Waals surface area (Å²) in [5, 5.41) is 3.58. The summed E-state index contributed by atoms with van der Waals surface area (Å²) in [6, 6.07) is 0.419. The van der Waals surface area contributed by atoms with Gasteiger partial charge < -0.3 is 10.2 Å². The second-order valence-electron chi connectivity index (χ2n) is 4.41. The summed E-state index contributed by atoms with van der Waals surface area (Å²) in [6.45, 7) is 13.3. The van der Waals surface area contributed by atoms with Crippen molar-refractivity contribution in [3.8, 4) is 0 Å². The Bertz CT molecular complexity index is 311. The topological polar surface area (TPSA) is 28.2 Å². The van der Waals surface area contributed by atoms with Gasteiger partial charge in [0, 0.05) is 24.0 Å². The number of nitrogens with zero attached hydrogens (tertiary/aromatic N) is 2. The predicted octanol–water partition coefficient (Wildman–Crippen LogP) is 2.83. The molecular weight excluding hydrogens is 230 g/mol. The van der Waals surface area contributed by atoms with Crippen molar-refractivity contribution in [2.24, 2.45) is 0 Å². The molecule has 1 aromatic rings. The molecule has 98 valence electrons. The molecule has 1 aromatic heterocycles. The number of rotatable bonds is 8. The quantitative estimate of drug-likeness (QED) is 0.774. The first-order valence-electron chi connectivity index (χ1n) is 6.54. The lowest BCUT2D eigenvalue weighted by atomic mass is 10.2. The molecule has 1 atom stereocenters. The van der Waals surface area contributed by atoms with Crippen LogP contribution in [0.1, 0.15) is 43.8 Å². The summed E-state index contributed by atoms with van der Waals surface area (Å²) < 4.78 is 0. The lowest BCUT2D eigenvalue weighted by molar-refractivity contribution is 0.284. The summed E-state index contributed by atoms with van der Waals surface area (Å²) in [7, 11) is 0. The highest BCUT2D eigenvalue weighted by Gasteiger charge is 2.10. The van der Waals surface area contributed by atoms with Gasteiger partial charge in [0.2, 0.25) is 0 Å². The smallest absolute Gasteiger partial charge is 0.0798 e. The number of thiazole rings is 1. The molecule has 1 N–H and O–H groups in total. The third kappa shape index (κ3) is 4.74. The second kappa shape index (κ2) is 7.80. The largest absolute Gasteiger partial charge is 0.308 e. The first kappa shape index (κ1) is 14.6. The molecule has 1 heterocycles. The van der Waals surface area contributed by atoms with Crippen LogP contribution < -0.4 is 5.32 Å². The van der Waals surface area contributed by atoms with Crippen LogP contribution in [0, 0.1) is 6.92 Å². The molecule has 0 aliphatic heterocycles. The average Bonchev–Trinajstić information content (AvgIpc) is 2.74. The minimum atomic E-state index is 0.419. The van der Waals surface area contributed by atoms with Crippen LogP contribution in [0.15, 0.2) is 5.51 Å². The van der Waals surface area contributed by atoms with Crippen LogP contribution in [-0.2, 0) is 0 Å². The van der Waals surface area contributed by atoms with E-state index in [1.165, 1.54) is 17.8 Å². The molecule has 0 fully saturated rings. The standard InChI is InChI=1S/C13H25N3S/c1-5-8-16(6-2)9-7-14-11(3)13-12(4)15-10-17-13/h10-11,14H,5-9H2,1-4H3. The zero-order chi connectivity index (χ0) is 12.7. The Morgan fingerprint density at radius 3 is 2.71 bits per heavy atom. The zero-order valence-electron chi connectivity index (χ0n) is 11.5. The Morgan fingerprint density at radius 2 is 2.18 bits per heavy atom. The first-order valence-corrected chi connectivity index (χ1v) is 7.42. The van der Waals surface area contributed by atoms with E-state index in [2.05, 4.69) is 42.9 Å². The SMILES string of the molecule is CCCN(CC)CCNC(C)c1scnc1C. The zero-order valence-corrected chi connectivity index (χ0v) is 12.3. The molecular formula is C13H25N3S. The fourth-order valence-electron chi connectivity index (χ4n) is 2.00. The van der Waals surface area contributed by atoms with Gasteiger partial charge in [-0.15, -0.1) is 11.3 Å². The molecule has 0 aliphatic carbocycles. The minimum absolute atomic E-state index is 0.419. The number of likely N-dealkylation sites (N-methyl/N-ethyl adjacent to an activating group) is 1. The third-order valence-electron chi connectivity index (χ3n) is 3.04. The molecule has 0 amide bonds. The van der Waals surface area contributed by atoms with Crippen LogP contribution in [0.2, 0.25) is 0 Å². The van der Waals surface area contributed by atoms with Gasteiger partial charge in [0.25, 0.3) is 0 Å². The van der Waals surface area contributed by atoms with E-state index in [0.717, 1.165) is 25.3 Å². The van der Waals surface area contributed by atoms with Gasteiger partial charge in [-0.25, -0.2) is 4.98 Å². The van der Waals surface area contributed by atoms with E-state index < -0.39 is 0 Å². The van der Waals surface area contributed by atoms with Crippen molar-refractivity contribution in [1.82, 2.24) is 15.2 Å². The summed E-state index contributed by atoms with van der Waals surface area (Å²) in [5.74, 6) is 0. The van der Waals surface area contributed by atoms with Gasteiger partial charge in [-0.3, -0.25) is 0 Å². The van der Waals surface area contributed by atoms with Crippen molar-refractivity contribution in [1.29, 1.82) is 0 Å². The van der Waals surface area contributed by atoms with Gasteiger partial charge in [0.1, 0.15) is 0 Å². The van der Waals surface area contributed by atoms with E-state index in [1.54, 1.807) is 11.3 Å². The lowest BCUT2D eigenvalue weighted by Crippen LogP contribution is -2.33. The number of aryl methyl sites for hydroxylation is 1. The lowest BCUT2D eigenvalue weighted by Gasteiger charge is -2.21. The summed E-state index contributed by atoms with van der Waals surface area (Å²) in [4.78, 5) is 8.14. The van der Waals surface area contributed by atoms with Crippen molar-refractivity contribution in [3.05, 3.63) is 16.1 Å². The normalized spacial score (nSPS) is 13.2. The average molecular weight is 255 g/mol. The predicted molar refractivity (Wildman–Crippen MR) is 75.7 cm³/mol. The molecule has 0 aromatic carbocycles. The van der Waals surface area contributed by atoms with E-state index in [9.17, 15) is 0 Å². The Morgan fingerprint density at radius 1 is 1.41 bits per heavy atom. The number of nitrogens with one attached hydrogen (secondary N) is 1. The second-order valence-corrected chi connectivity index (χ2v) is 5.30. The Hall–Kier alpha value is -0.450. The Balaban J connectivity index is 2.29. The van der Waals surface area contributed by atoms with E-state index in [0.29, 0.717) is 6.04 Å². The van der Waals surface area contributed by atoms with Crippen LogP contribution in [0.4, 0.5) is 0 Å². The van der Waals surface area contributed by atoms with E-state index >= 15 is 0 Å². The van der Waals surface area contributed by atoms with Gasteiger partial charge in [0.15, 0.2) is 0 Å². The fourth-order valence-corrected chi connectivity index (χ4v) is 2.84. The Kier molecular flexibility index (Phi) is 6.70. The van der Waals surface area contributed by atoms with Crippen molar-refractivity contribution >= 4 is 11.3 Å². The van der Waals surface area contributed by atoms with Gasteiger partial charge in [-0.2, -0.15) is 0 Å². The van der Waals surface area contributed by atoms with E-state index in [1.807, 2.05) is 5.51 Å². The molecule has 0 saturated carbocycles. The van der Waals surface area contributed by atoms with E-state index in [4.69, 9.17) is 0 Å². The van der Waals surface area contributed by atoms with Gasteiger partial charge in [0.05, 0.1) is 11.2 Å². The summed E-state index contributed by atoms with van der Waals surface area (Å²) in [6.07, 6.45) is 1.23. The van der Waals surface area contributed by atoms with Crippen LogP contribution >= 0.6 is 11.3 Å². The number of aromatic nitrogens is 1. The number of hydrogen-bond acceptors (Lipinski definition) is 4. The first-order chi connectivity index (χ1) is 8.19. The molecule has 0 saturated heterocycles. The maximum atomic E-state index is 4.29. The molecule has 17 heavy (non-hydrogen) atoms. The summed E-state index contributed by atoms with van der Waals surface area (Å²) in [5.41, 5.74) is 3.09. The van der Waals surface area contributed by atoms with Crippen molar-refractivity contribution < 1.29 is 0 Å². The van der Waals surface area contributed by atoms with Crippen molar-refractivity contribution in [2.75, 3.05) is 26.2 Å². The van der Waals surface area contributed by atoms with Crippen LogP contribution in [-0.4, -0.2) is 36.1 Å². The molecule has 3 nitrogen and oxygen atoms in total. The van der Waals surface area contributed by atoms with Crippen LogP contribution in [0.5, 0.6) is 0 Å².